The second-order valence-corrected chi connectivity index (χ2v) is 6.12. The van der Waals surface area contributed by atoms with Gasteiger partial charge >= 0.3 is 5.97 Å². The van der Waals surface area contributed by atoms with E-state index in [0.717, 1.165) is 13.0 Å². The number of aliphatic carboxylic acids is 1. The van der Waals surface area contributed by atoms with Crippen LogP contribution in [0.3, 0.4) is 0 Å². The summed E-state index contributed by atoms with van der Waals surface area (Å²) in [7, 11) is 3.97. The lowest BCUT2D eigenvalue weighted by Crippen LogP contribution is -2.36. The van der Waals surface area contributed by atoms with E-state index in [1.54, 1.807) is 0 Å². The average molecular weight is 256 g/mol. The molecule has 1 fully saturated rings. The molecule has 104 valence electrons. The van der Waals surface area contributed by atoms with Crippen molar-refractivity contribution in [3.63, 3.8) is 0 Å². The SMILES string of the molecule is CC(CCN(C)C)NC(=O)[C@H]1[C@@H](C(=O)O)C1(C)C. The highest BCUT2D eigenvalue weighted by Crippen LogP contribution is 2.58. The Morgan fingerprint density at radius 3 is 2.28 bits per heavy atom. The largest absolute Gasteiger partial charge is 0.481 e. The molecular formula is C13H24N2O3. The van der Waals surface area contributed by atoms with Crippen molar-refractivity contribution >= 4 is 11.9 Å². The monoisotopic (exact) mass is 256 g/mol. The Morgan fingerprint density at radius 2 is 1.89 bits per heavy atom. The summed E-state index contributed by atoms with van der Waals surface area (Å²) in [6.07, 6.45) is 0.865. The van der Waals surface area contributed by atoms with Crippen molar-refractivity contribution in [2.75, 3.05) is 20.6 Å². The van der Waals surface area contributed by atoms with Gasteiger partial charge in [0.15, 0.2) is 0 Å². The van der Waals surface area contributed by atoms with Crippen LogP contribution < -0.4 is 5.32 Å². The van der Waals surface area contributed by atoms with Gasteiger partial charge in [0.2, 0.25) is 5.91 Å². The fourth-order valence-corrected chi connectivity index (χ4v) is 2.44. The van der Waals surface area contributed by atoms with E-state index in [1.165, 1.54) is 0 Å². The minimum atomic E-state index is -0.874. The van der Waals surface area contributed by atoms with Gasteiger partial charge in [-0.1, -0.05) is 13.8 Å². The summed E-state index contributed by atoms with van der Waals surface area (Å²) in [5, 5.41) is 11.9. The molecule has 3 atom stereocenters. The van der Waals surface area contributed by atoms with Crippen LogP contribution in [0.25, 0.3) is 0 Å². The molecule has 0 saturated heterocycles. The summed E-state index contributed by atoms with van der Waals surface area (Å²) in [6.45, 7) is 6.52. The summed E-state index contributed by atoms with van der Waals surface area (Å²) in [5.74, 6) is -1.94. The van der Waals surface area contributed by atoms with E-state index in [0.29, 0.717) is 0 Å². The Bertz CT molecular complexity index is 339. The van der Waals surface area contributed by atoms with Gasteiger partial charge in [0.25, 0.3) is 0 Å². The zero-order chi connectivity index (χ0) is 14.1. The topological polar surface area (TPSA) is 69.6 Å². The highest BCUT2D eigenvalue weighted by atomic mass is 16.4. The molecular weight excluding hydrogens is 232 g/mol. The molecule has 18 heavy (non-hydrogen) atoms. The maximum atomic E-state index is 12.0. The number of hydrogen-bond acceptors (Lipinski definition) is 3. The van der Waals surface area contributed by atoms with Crippen LogP contribution in [0.1, 0.15) is 27.2 Å². The molecule has 0 bridgehead atoms. The fraction of sp³-hybridized carbons (Fsp3) is 0.846. The molecule has 0 aromatic carbocycles. The number of hydrogen-bond donors (Lipinski definition) is 2. The molecule has 0 aliphatic heterocycles. The van der Waals surface area contributed by atoms with Gasteiger partial charge in [-0.2, -0.15) is 0 Å². The minimum absolute atomic E-state index is 0.0748. The first-order valence-corrected chi connectivity index (χ1v) is 6.35. The van der Waals surface area contributed by atoms with Gasteiger partial charge in [-0.15, -0.1) is 0 Å². The summed E-state index contributed by atoms with van der Waals surface area (Å²) in [4.78, 5) is 25.1. The molecule has 0 aromatic heterocycles. The summed E-state index contributed by atoms with van der Waals surface area (Å²) in [5.41, 5.74) is -0.419. The third kappa shape index (κ3) is 3.22. The zero-order valence-electron chi connectivity index (χ0n) is 11.9. The molecule has 2 N–H and O–H groups in total. The molecule has 1 rings (SSSR count). The van der Waals surface area contributed by atoms with Crippen LogP contribution in [0.15, 0.2) is 0 Å². The number of nitrogens with one attached hydrogen (secondary N) is 1. The van der Waals surface area contributed by atoms with Gasteiger partial charge in [-0.25, -0.2) is 0 Å². The molecule has 0 radical (unpaired) electrons. The number of carboxylic acids is 1. The summed E-state index contributed by atoms with van der Waals surface area (Å²) >= 11 is 0. The average Bonchev–Trinajstić information content (AvgIpc) is 2.78. The lowest BCUT2D eigenvalue weighted by atomic mass is 10.1. The lowest BCUT2D eigenvalue weighted by molar-refractivity contribution is -0.140. The predicted octanol–water partition coefficient (Wildman–Crippen LogP) is 0.800. The van der Waals surface area contributed by atoms with Crippen LogP contribution in [-0.4, -0.2) is 48.6 Å². The summed E-state index contributed by atoms with van der Waals surface area (Å²) in [6, 6.07) is 0.0748. The maximum Gasteiger partial charge on any atom is 0.307 e. The Hall–Kier alpha value is -1.10. The number of nitrogens with zero attached hydrogens (tertiary/aromatic N) is 1. The standard InChI is InChI=1S/C13H24N2O3/c1-8(6-7-15(4)5)14-11(16)9-10(12(17)18)13(9,2)3/h8-10H,6-7H2,1-5H3,(H,14,16)(H,17,18)/t8?,9-,10+/m1/s1. The number of rotatable bonds is 6. The van der Waals surface area contributed by atoms with Crippen molar-refractivity contribution in [2.45, 2.75) is 33.2 Å². The summed E-state index contributed by atoms with van der Waals surface area (Å²) < 4.78 is 0. The van der Waals surface area contributed by atoms with Crippen molar-refractivity contribution in [2.24, 2.45) is 17.3 Å². The molecule has 5 heteroatoms. The van der Waals surface area contributed by atoms with E-state index in [2.05, 4.69) is 10.2 Å². The normalized spacial score (nSPS) is 26.8. The van der Waals surface area contributed by atoms with Crippen LogP contribution in [0, 0.1) is 17.3 Å². The van der Waals surface area contributed by atoms with Crippen molar-refractivity contribution in [1.82, 2.24) is 10.2 Å². The molecule has 1 saturated carbocycles. The van der Waals surface area contributed by atoms with Gasteiger partial charge in [-0.3, -0.25) is 9.59 Å². The molecule has 0 heterocycles. The number of carboxylic acid groups (broad SMARTS) is 1. The quantitative estimate of drug-likeness (QED) is 0.737. The molecule has 0 spiro atoms. The maximum absolute atomic E-state index is 12.0. The second kappa shape index (κ2) is 5.26. The smallest absolute Gasteiger partial charge is 0.307 e. The lowest BCUT2D eigenvalue weighted by Gasteiger charge is -2.17. The number of amides is 1. The Labute approximate surface area is 109 Å². The minimum Gasteiger partial charge on any atom is -0.481 e. The van der Waals surface area contributed by atoms with E-state index in [4.69, 9.17) is 5.11 Å². The zero-order valence-corrected chi connectivity index (χ0v) is 11.9. The van der Waals surface area contributed by atoms with Crippen LogP contribution in [0.5, 0.6) is 0 Å². The van der Waals surface area contributed by atoms with E-state index >= 15 is 0 Å². The fourth-order valence-electron chi connectivity index (χ4n) is 2.44. The Morgan fingerprint density at radius 1 is 1.33 bits per heavy atom. The van der Waals surface area contributed by atoms with Gasteiger partial charge in [0.05, 0.1) is 11.8 Å². The van der Waals surface area contributed by atoms with Crippen molar-refractivity contribution in [1.29, 1.82) is 0 Å². The molecule has 1 amide bonds. The predicted molar refractivity (Wildman–Crippen MR) is 69.2 cm³/mol. The third-order valence-corrected chi connectivity index (χ3v) is 3.77. The molecule has 1 aliphatic rings. The van der Waals surface area contributed by atoms with Gasteiger partial charge in [-0.05, 0) is 39.4 Å². The van der Waals surface area contributed by atoms with Gasteiger partial charge in [0.1, 0.15) is 0 Å². The Kier molecular flexibility index (Phi) is 4.37. The van der Waals surface area contributed by atoms with Gasteiger partial charge in [0, 0.05) is 6.04 Å². The first-order chi connectivity index (χ1) is 8.17. The van der Waals surface area contributed by atoms with Crippen LogP contribution in [-0.2, 0) is 9.59 Å². The van der Waals surface area contributed by atoms with Gasteiger partial charge < -0.3 is 15.3 Å². The second-order valence-electron chi connectivity index (χ2n) is 6.12. The van der Waals surface area contributed by atoms with Crippen LogP contribution in [0.2, 0.25) is 0 Å². The first kappa shape index (κ1) is 15.0. The van der Waals surface area contributed by atoms with E-state index in [1.807, 2.05) is 34.9 Å². The highest BCUT2D eigenvalue weighted by Gasteiger charge is 2.65. The van der Waals surface area contributed by atoms with Crippen LogP contribution >= 0.6 is 0 Å². The molecule has 5 nitrogen and oxygen atoms in total. The molecule has 0 aromatic rings. The van der Waals surface area contributed by atoms with E-state index in [9.17, 15) is 9.59 Å². The van der Waals surface area contributed by atoms with Crippen LogP contribution in [0.4, 0.5) is 0 Å². The van der Waals surface area contributed by atoms with E-state index < -0.39 is 23.2 Å². The Balaban J connectivity index is 2.45. The highest BCUT2D eigenvalue weighted by molar-refractivity contribution is 5.91. The first-order valence-electron chi connectivity index (χ1n) is 6.35. The number of carbonyl (C=O) groups is 2. The number of carbonyl (C=O) groups excluding carboxylic acids is 1. The van der Waals surface area contributed by atoms with Crippen molar-refractivity contribution in [3.05, 3.63) is 0 Å². The van der Waals surface area contributed by atoms with E-state index in [-0.39, 0.29) is 11.9 Å². The molecule has 1 unspecified atom stereocenters. The van der Waals surface area contributed by atoms with Crippen molar-refractivity contribution in [3.8, 4) is 0 Å². The third-order valence-electron chi connectivity index (χ3n) is 3.77. The van der Waals surface area contributed by atoms with Crippen molar-refractivity contribution < 1.29 is 14.7 Å². The molecule has 1 aliphatic carbocycles.